The molecule has 0 bridgehead atoms. The lowest BCUT2D eigenvalue weighted by Gasteiger charge is -2.11. The van der Waals surface area contributed by atoms with Gasteiger partial charge in [0.05, 0.1) is 25.5 Å². The number of aromatic nitrogens is 1. The molecule has 0 saturated carbocycles. The normalized spacial score (nSPS) is 10.4. The number of halogens is 1. The van der Waals surface area contributed by atoms with Crippen LogP contribution in [0.4, 0.5) is 0 Å². The van der Waals surface area contributed by atoms with Crippen LogP contribution >= 0.6 is 15.9 Å². The van der Waals surface area contributed by atoms with Gasteiger partial charge in [0, 0.05) is 16.4 Å². The van der Waals surface area contributed by atoms with E-state index in [0.717, 1.165) is 15.7 Å². The Morgan fingerprint density at radius 3 is 2.08 bits per heavy atom. The van der Waals surface area contributed by atoms with E-state index in [1.54, 1.807) is 10.8 Å². The lowest BCUT2D eigenvalue weighted by Crippen LogP contribution is -2.10. The molecular formula is C20H16BrNO4. The predicted molar refractivity (Wildman–Crippen MR) is 102 cm³/mol. The van der Waals surface area contributed by atoms with Gasteiger partial charge in [-0.1, -0.05) is 46.3 Å². The maximum absolute atomic E-state index is 12.5. The summed E-state index contributed by atoms with van der Waals surface area (Å²) in [5, 5.41) is 0. The van der Waals surface area contributed by atoms with Crippen molar-refractivity contribution in [2.24, 2.45) is 0 Å². The molecule has 1 heterocycles. The van der Waals surface area contributed by atoms with Crippen LogP contribution in [0.1, 0.15) is 20.7 Å². The summed E-state index contributed by atoms with van der Waals surface area (Å²) in [5.41, 5.74) is 2.47. The highest BCUT2D eigenvalue weighted by molar-refractivity contribution is 9.10. The summed E-state index contributed by atoms with van der Waals surface area (Å²) in [5.74, 6) is -1.20. The zero-order valence-corrected chi connectivity index (χ0v) is 15.8. The largest absolute Gasteiger partial charge is 0.465 e. The molecule has 0 radical (unpaired) electrons. The molecule has 0 amide bonds. The van der Waals surface area contributed by atoms with Gasteiger partial charge >= 0.3 is 11.9 Å². The van der Waals surface area contributed by atoms with Gasteiger partial charge in [-0.3, -0.25) is 0 Å². The minimum Gasteiger partial charge on any atom is -0.465 e. The number of methoxy groups -OCH3 is 2. The van der Waals surface area contributed by atoms with Crippen LogP contribution in [0.15, 0.2) is 65.3 Å². The molecule has 0 unspecified atom stereocenters. The number of para-hydroxylation sites is 1. The fourth-order valence-corrected chi connectivity index (χ4v) is 3.03. The number of ether oxygens (including phenoxy) is 2. The van der Waals surface area contributed by atoms with Gasteiger partial charge in [0.1, 0.15) is 5.56 Å². The van der Waals surface area contributed by atoms with E-state index < -0.39 is 11.9 Å². The maximum Gasteiger partial charge on any atom is 0.340 e. The fourth-order valence-electron chi connectivity index (χ4n) is 2.76. The van der Waals surface area contributed by atoms with Gasteiger partial charge in [0.15, 0.2) is 0 Å². The first-order valence-corrected chi connectivity index (χ1v) is 8.59. The van der Waals surface area contributed by atoms with Crippen molar-refractivity contribution in [2.75, 3.05) is 14.2 Å². The van der Waals surface area contributed by atoms with Crippen LogP contribution < -0.4 is 0 Å². The molecule has 0 aliphatic carbocycles. The van der Waals surface area contributed by atoms with Crippen molar-refractivity contribution in [2.45, 2.75) is 0 Å². The molecule has 0 N–H and O–H groups in total. The lowest BCUT2D eigenvalue weighted by molar-refractivity contribution is 0.0557. The van der Waals surface area contributed by atoms with E-state index in [2.05, 4.69) is 15.9 Å². The SMILES string of the molecule is COC(=O)c1cn(-c2ccccc2)c(-c2ccc(Br)cc2)c1C(=O)OC. The summed E-state index contributed by atoms with van der Waals surface area (Å²) in [4.78, 5) is 24.8. The van der Waals surface area contributed by atoms with Crippen molar-refractivity contribution in [3.8, 4) is 16.9 Å². The van der Waals surface area contributed by atoms with E-state index in [-0.39, 0.29) is 11.1 Å². The minimum atomic E-state index is -0.599. The Kier molecular flexibility index (Phi) is 5.23. The molecule has 0 spiro atoms. The molecule has 5 nitrogen and oxygen atoms in total. The van der Waals surface area contributed by atoms with E-state index in [9.17, 15) is 9.59 Å². The summed E-state index contributed by atoms with van der Waals surface area (Å²) in [7, 11) is 2.57. The lowest BCUT2D eigenvalue weighted by atomic mass is 10.0. The Hall–Kier alpha value is -2.86. The van der Waals surface area contributed by atoms with Crippen molar-refractivity contribution in [1.82, 2.24) is 4.57 Å². The summed E-state index contributed by atoms with van der Waals surface area (Å²) in [6.45, 7) is 0. The van der Waals surface area contributed by atoms with Crippen LogP contribution in [0.5, 0.6) is 0 Å². The van der Waals surface area contributed by atoms with Crippen molar-refractivity contribution >= 4 is 27.9 Å². The second-order valence-corrected chi connectivity index (χ2v) is 6.38. The number of carbonyl (C=O) groups is 2. The molecule has 2 aromatic carbocycles. The van der Waals surface area contributed by atoms with Crippen LogP contribution in [0.2, 0.25) is 0 Å². The van der Waals surface area contributed by atoms with Crippen molar-refractivity contribution in [3.05, 3.63) is 76.4 Å². The Morgan fingerprint density at radius 1 is 0.885 bits per heavy atom. The second kappa shape index (κ2) is 7.58. The molecule has 0 atom stereocenters. The summed E-state index contributed by atoms with van der Waals surface area (Å²) >= 11 is 3.41. The average Bonchev–Trinajstić information content (AvgIpc) is 3.08. The maximum atomic E-state index is 12.5. The first-order chi connectivity index (χ1) is 12.6. The molecule has 0 fully saturated rings. The van der Waals surface area contributed by atoms with Crippen molar-refractivity contribution in [3.63, 3.8) is 0 Å². The fraction of sp³-hybridized carbons (Fsp3) is 0.100. The molecule has 6 heteroatoms. The van der Waals surface area contributed by atoms with E-state index >= 15 is 0 Å². The van der Waals surface area contributed by atoms with Crippen LogP contribution in [0.3, 0.4) is 0 Å². The van der Waals surface area contributed by atoms with E-state index in [1.807, 2.05) is 54.6 Å². The highest BCUT2D eigenvalue weighted by atomic mass is 79.9. The predicted octanol–water partition coefficient (Wildman–Crippen LogP) is 4.48. The standard InChI is InChI=1S/C20H16BrNO4/c1-25-19(23)16-12-22(15-6-4-3-5-7-15)18(17(16)20(24)26-2)13-8-10-14(21)11-9-13/h3-12H,1-2H3. The van der Waals surface area contributed by atoms with Crippen LogP contribution in [0.25, 0.3) is 16.9 Å². The first kappa shape index (κ1) is 17.9. The number of nitrogens with zero attached hydrogens (tertiary/aromatic N) is 1. The molecule has 3 rings (SSSR count). The zero-order chi connectivity index (χ0) is 18.7. The van der Waals surface area contributed by atoms with Crippen molar-refractivity contribution < 1.29 is 19.1 Å². The number of esters is 2. The molecule has 26 heavy (non-hydrogen) atoms. The molecule has 0 aliphatic heterocycles. The number of carbonyl (C=O) groups excluding carboxylic acids is 2. The first-order valence-electron chi connectivity index (χ1n) is 7.80. The van der Waals surface area contributed by atoms with E-state index in [0.29, 0.717) is 5.69 Å². The summed E-state index contributed by atoms with van der Waals surface area (Å²) in [6.07, 6.45) is 1.60. The van der Waals surface area contributed by atoms with Gasteiger partial charge in [-0.15, -0.1) is 0 Å². The average molecular weight is 414 g/mol. The third kappa shape index (κ3) is 3.28. The zero-order valence-electron chi connectivity index (χ0n) is 14.2. The van der Waals surface area contributed by atoms with Crippen LogP contribution in [-0.4, -0.2) is 30.7 Å². The van der Waals surface area contributed by atoms with E-state index in [4.69, 9.17) is 9.47 Å². The highest BCUT2D eigenvalue weighted by Gasteiger charge is 2.28. The molecule has 3 aromatic rings. The highest BCUT2D eigenvalue weighted by Crippen LogP contribution is 2.33. The number of hydrogen-bond acceptors (Lipinski definition) is 4. The third-order valence-corrected chi connectivity index (χ3v) is 4.48. The van der Waals surface area contributed by atoms with Crippen LogP contribution in [-0.2, 0) is 9.47 Å². The van der Waals surface area contributed by atoms with Crippen LogP contribution in [0, 0.1) is 0 Å². The quantitative estimate of drug-likeness (QED) is 0.591. The Morgan fingerprint density at radius 2 is 1.50 bits per heavy atom. The Labute approximate surface area is 159 Å². The van der Waals surface area contributed by atoms with Crippen molar-refractivity contribution in [1.29, 1.82) is 0 Å². The molecular weight excluding hydrogens is 398 g/mol. The third-order valence-electron chi connectivity index (χ3n) is 3.95. The molecule has 0 saturated heterocycles. The second-order valence-electron chi connectivity index (χ2n) is 5.46. The Balaban J connectivity index is 2.36. The summed E-state index contributed by atoms with van der Waals surface area (Å²) in [6, 6.07) is 16.9. The van der Waals surface area contributed by atoms with Gasteiger partial charge in [-0.25, -0.2) is 9.59 Å². The molecule has 1 aromatic heterocycles. The van der Waals surface area contributed by atoms with E-state index in [1.165, 1.54) is 14.2 Å². The molecule has 0 aliphatic rings. The smallest absolute Gasteiger partial charge is 0.340 e. The summed E-state index contributed by atoms with van der Waals surface area (Å²) < 4.78 is 12.5. The topological polar surface area (TPSA) is 57.5 Å². The minimum absolute atomic E-state index is 0.154. The van der Waals surface area contributed by atoms with Gasteiger partial charge < -0.3 is 14.0 Å². The number of benzene rings is 2. The number of hydrogen-bond donors (Lipinski definition) is 0. The number of rotatable bonds is 4. The Bertz CT molecular complexity index is 946. The van der Waals surface area contributed by atoms with Gasteiger partial charge in [0.25, 0.3) is 0 Å². The van der Waals surface area contributed by atoms with Gasteiger partial charge in [-0.05, 0) is 29.8 Å². The van der Waals surface area contributed by atoms with Gasteiger partial charge in [0.2, 0.25) is 0 Å². The monoisotopic (exact) mass is 413 g/mol. The van der Waals surface area contributed by atoms with Gasteiger partial charge in [-0.2, -0.15) is 0 Å². The molecule has 132 valence electrons.